The molecule has 0 aliphatic carbocycles. The molecule has 1 fully saturated rings. The van der Waals surface area contributed by atoms with Crippen LogP contribution < -0.4 is 20.7 Å². The van der Waals surface area contributed by atoms with Gasteiger partial charge < -0.3 is 25.4 Å². The molecule has 1 aliphatic rings. The van der Waals surface area contributed by atoms with E-state index in [0.717, 1.165) is 19.4 Å². The Balaban J connectivity index is 1.51. The van der Waals surface area contributed by atoms with Crippen LogP contribution in [-0.4, -0.2) is 43.7 Å². The first-order chi connectivity index (χ1) is 14.5. The highest BCUT2D eigenvalue weighted by molar-refractivity contribution is 5.96. The summed E-state index contributed by atoms with van der Waals surface area (Å²) in [6.07, 6.45) is 2.12. The van der Waals surface area contributed by atoms with Gasteiger partial charge in [0.15, 0.2) is 0 Å². The summed E-state index contributed by atoms with van der Waals surface area (Å²) in [7, 11) is 0. The van der Waals surface area contributed by atoms with Crippen molar-refractivity contribution in [3.05, 3.63) is 54.1 Å². The molecule has 3 N–H and O–H groups in total. The van der Waals surface area contributed by atoms with Gasteiger partial charge in [-0.1, -0.05) is 18.2 Å². The maximum Gasteiger partial charge on any atom is 0.251 e. The molecule has 7 nitrogen and oxygen atoms in total. The van der Waals surface area contributed by atoms with Gasteiger partial charge in [-0.2, -0.15) is 0 Å². The summed E-state index contributed by atoms with van der Waals surface area (Å²) in [5.74, 6) is 0.271. The van der Waals surface area contributed by atoms with Crippen LogP contribution in [0.2, 0.25) is 0 Å². The molecule has 1 heterocycles. The van der Waals surface area contributed by atoms with Gasteiger partial charge >= 0.3 is 0 Å². The summed E-state index contributed by atoms with van der Waals surface area (Å²) in [6, 6.07) is 14.4. The molecule has 0 saturated carbocycles. The van der Waals surface area contributed by atoms with E-state index >= 15 is 0 Å². The van der Waals surface area contributed by atoms with Crippen molar-refractivity contribution in [3.8, 4) is 5.75 Å². The van der Waals surface area contributed by atoms with Crippen molar-refractivity contribution in [2.45, 2.75) is 38.9 Å². The largest absolute Gasteiger partial charge is 0.489 e. The van der Waals surface area contributed by atoms with Crippen LogP contribution in [0.5, 0.6) is 5.75 Å². The third kappa shape index (κ3) is 6.49. The first kappa shape index (κ1) is 21.6. The zero-order valence-corrected chi connectivity index (χ0v) is 17.4. The highest BCUT2D eigenvalue weighted by Gasteiger charge is 2.17. The van der Waals surface area contributed by atoms with Crippen molar-refractivity contribution in [2.24, 2.45) is 0 Å². The Bertz CT molecular complexity index is 863. The molecule has 2 aromatic carbocycles. The van der Waals surface area contributed by atoms with E-state index < -0.39 is 0 Å². The Labute approximate surface area is 177 Å². The Morgan fingerprint density at radius 2 is 2.00 bits per heavy atom. The summed E-state index contributed by atoms with van der Waals surface area (Å²) >= 11 is 0. The molecular formula is C23H29N3O4. The lowest BCUT2D eigenvalue weighted by Gasteiger charge is -2.15. The number of hydrogen-bond donors (Lipinski definition) is 3. The minimum Gasteiger partial charge on any atom is -0.489 e. The summed E-state index contributed by atoms with van der Waals surface area (Å²) in [4.78, 5) is 24.7. The second-order valence-electron chi connectivity index (χ2n) is 7.49. The predicted octanol–water partition coefficient (Wildman–Crippen LogP) is 3.43. The van der Waals surface area contributed by atoms with Crippen LogP contribution in [0.25, 0.3) is 0 Å². The minimum atomic E-state index is -0.206. The van der Waals surface area contributed by atoms with Crippen molar-refractivity contribution in [2.75, 3.05) is 30.3 Å². The highest BCUT2D eigenvalue weighted by atomic mass is 16.5. The van der Waals surface area contributed by atoms with E-state index in [0.29, 0.717) is 29.2 Å². The standard InChI is InChI=1S/C23H29N3O4/c1-16(2)30-21-11-4-3-10-20(21)26-22(27)15-24-18-8-5-7-17(13-18)23(28)25-14-19-9-6-12-29-19/h3-5,7-8,10-11,13,16,19,24H,6,9,12,14-15H2,1-2H3,(H,25,28)(H,26,27). The van der Waals surface area contributed by atoms with Crippen LogP contribution in [0.15, 0.2) is 48.5 Å². The fraction of sp³-hybridized carbons (Fsp3) is 0.391. The molecule has 0 spiro atoms. The molecule has 3 rings (SSSR count). The smallest absolute Gasteiger partial charge is 0.251 e. The van der Waals surface area contributed by atoms with Crippen LogP contribution in [0.3, 0.4) is 0 Å². The summed E-state index contributed by atoms with van der Waals surface area (Å²) in [5.41, 5.74) is 1.86. The van der Waals surface area contributed by atoms with E-state index in [1.807, 2.05) is 38.1 Å². The summed E-state index contributed by atoms with van der Waals surface area (Å²) < 4.78 is 11.2. The maximum absolute atomic E-state index is 12.4. The number of para-hydroxylation sites is 2. The first-order valence-electron chi connectivity index (χ1n) is 10.3. The molecule has 1 saturated heterocycles. The van der Waals surface area contributed by atoms with Gasteiger partial charge in [0.1, 0.15) is 5.75 Å². The van der Waals surface area contributed by atoms with E-state index in [4.69, 9.17) is 9.47 Å². The molecule has 1 atom stereocenters. The Morgan fingerprint density at radius 1 is 1.17 bits per heavy atom. The van der Waals surface area contributed by atoms with Crippen molar-refractivity contribution in [1.29, 1.82) is 0 Å². The van der Waals surface area contributed by atoms with Gasteiger partial charge in [-0.15, -0.1) is 0 Å². The van der Waals surface area contributed by atoms with E-state index in [1.165, 1.54) is 0 Å². The molecule has 7 heteroatoms. The van der Waals surface area contributed by atoms with Crippen LogP contribution in [0, 0.1) is 0 Å². The maximum atomic E-state index is 12.4. The zero-order valence-electron chi connectivity index (χ0n) is 17.4. The van der Waals surface area contributed by atoms with Crippen molar-refractivity contribution in [1.82, 2.24) is 5.32 Å². The first-order valence-corrected chi connectivity index (χ1v) is 10.3. The third-order valence-electron chi connectivity index (χ3n) is 4.62. The van der Waals surface area contributed by atoms with Crippen LogP contribution in [0.1, 0.15) is 37.0 Å². The second kappa shape index (κ2) is 10.6. The lowest BCUT2D eigenvalue weighted by Crippen LogP contribution is -2.31. The molecule has 0 aromatic heterocycles. The number of hydrogen-bond acceptors (Lipinski definition) is 5. The molecule has 0 bridgehead atoms. The quantitative estimate of drug-likeness (QED) is 0.588. The number of carbonyl (C=O) groups excluding carboxylic acids is 2. The Hall–Kier alpha value is -3.06. The van der Waals surface area contributed by atoms with E-state index in [9.17, 15) is 9.59 Å². The van der Waals surface area contributed by atoms with Gasteiger partial charge in [0.25, 0.3) is 5.91 Å². The molecule has 30 heavy (non-hydrogen) atoms. The van der Waals surface area contributed by atoms with Crippen molar-refractivity contribution < 1.29 is 19.1 Å². The molecule has 0 radical (unpaired) electrons. The minimum absolute atomic E-state index is 0.00953. The van der Waals surface area contributed by atoms with Gasteiger partial charge in [0.05, 0.1) is 24.4 Å². The Morgan fingerprint density at radius 3 is 2.77 bits per heavy atom. The van der Waals surface area contributed by atoms with Crippen LogP contribution >= 0.6 is 0 Å². The lowest BCUT2D eigenvalue weighted by molar-refractivity contribution is -0.114. The highest BCUT2D eigenvalue weighted by Crippen LogP contribution is 2.24. The number of ether oxygens (including phenoxy) is 2. The topological polar surface area (TPSA) is 88.7 Å². The van der Waals surface area contributed by atoms with Gasteiger partial charge in [0, 0.05) is 24.4 Å². The fourth-order valence-corrected chi connectivity index (χ4v) is 3.19. The number of carbonyl (C=O) groups is 2. The normalized spacial score (nSPS) is 15.6. The number of anilines is 2. The van der Waals surface area contributed by atoms with Gasteiger partial charge in [-0.25, -0.2) is 0 Å². The van der Waals surface area contributed by atoms with Crippen molar-refractivity contribution in [3.63, 3.8) is 0 Å². The van der Waals surface area contributed by atoms with Crippen LogP contribution in [0.4, 0.5) is 11.4 Å². The molecule has 160 valence electrons. The average Bonchev–Trinajstić information content (AvgIpc) is 3.25. The van der Waals surface area contributed by atoms with E-state index in [-0.39, 0.29) is 30.6 Å². The SMILES string of the molecule is CC(C)Oc1ccccc1NC(=O)CNc1cccc(C(=O)NCC2CCCO2)c1. The van der Waals surface area contributed by atoms with E-state index in [2.05, 4.69) is 16.0 Å². The molecule has 1 unspecified atom stereocenters. The molecule has 2 aromatic rings. The fourth-order valence-electron chi connectivity index (χ4n) is 3.19. The number of benzene rings is 2. The molecular weight excluding hydrogens is 382 g/mol. The molecule has 2 amide bonds. The number of amides is 2. The predicted molar refractivity (Wildman–Crippen MR) is 117 cm³/mol. The van der Waals surface area contributed by atoms with Gasteiger partial charge in [-0.3, -0.25) is 9.59 Å². The van der Waals surface area contributed by atoms with Crippen molar-refractivity contribution >= 4 is 23.2 Å². The third-order valence-corrected chi connectivity index (χ3v) is 4.62. The zero-order chi connectivity index (χ0) is 21.3. The summed E-state index contributed by atoms with van der Waals surface area (Å²) in [6.45, 7) is 5.21. The number of rotatable bonds is 9. The van der Waals surface area contributed by atoms with Crippen LogP contribution in [-0.2, 0) is 9.53 Å². The number of nitrogens with one attached hydrogen (secondary N) is 3. The van der Waals surface area contributed by atoms with Gasteiger partial charge in [-0.05, 0) is 57.0 Å². The van der Waals surface area contributed by atoms with Gasteiger partial charge in [0.2, 0.25) is 5.91 Å². The lowest BCUT2D eigenvalue weighted by atomic mass is 10.1. The summed E-state index contributed by atoms with van der Waals surface area (Å²) in [5, 5.41) is 8.82. The van der Waals surface area contributed by atoms with E-state index in [1.54, 1.807) is 24.3 Å². The average molecular weight is 412 g/mol. The monoisotopic (exact) mass is 411 g/mol. The second-order valence-corrected chi connectivity index (χ2v) is 7.49. The molecule has 1 aliphatic heterocycles. The Kier molecular flexibility index (Phi) is 7.68.